The van der Waals surface area contributed by atoms with E-state index in [1.54, 1.807) is 7.11 Å². The van der Waals surface area contributed by atoms with Crippen molar-refractivity contribution in [1.82, 2.24) is 20.0 Å². The van der Waals surface area contributed by atoms with Gasteiger partial charge in [0, 0.05) is 52.7 Å². The number of hydrogen-bond acceptors (Lipinski definition) is 7. The molecule has 2 aromatic carbocycles. The van der Waals surface area contributed by atoms with Crippen LogP contribution in [0.1, 0.15) is 29.9 Å². The van der Waals surface area contributed by atoms with Gasteiger partial charge in [-0.2, -0.15) is 0 Å². The van der Waals surface area contributed by atoms with Crippen LogP contribution in [0.2, 0.25) is 0 Å². The van der Waals surface area contributed by atoms with Crippen LogP contribution in [0, 0.1) is 0 Å². The molecule has 1 amide bonds. The minimum atomic E-state index is -0.415. The molecule has 8 heteroatoms. The van der Waals surface area contributed by atoms with Crippen LogP contribution >= 0.6 is 0 Å². The fourth-order valence-corrected chi connectivity index (χ4v) is 3.88. The molecule has 0 N–H and O–H groups in total. The van der Waals surface area contributed by atoms with Crippen LogP contribution in [-0.4, -0.2) is 72.3 Å². The Morgan fingerprint density at radius 1 is 1.00 bits per heavy atom. The second-order valence-electron chi connectivity index (χ2n) is 7.94. The summed E-state index contributed by atoms with van der Waals surface area (Å²) >= 11 is 0. The van der Waals surface area contributed by atoms with Gasteiger partial charge in [0.15, 0.2) is 6.10 Å². The van der Waals surface area contributed by atoms with E-state index in [-0.39, 0.29) is 5.91 Å². The molecule has 1 aromatic heterocycles. The summed E-state index contributed by atoms with van der Waals surface area (Å²) in [4.78, 5) is 16.9. The number of carbonyl (C=O) groups excluding carboxylic acids is 1. The van der Waals surface area contributed by atoms with E-state index >= 15 is 0 Å². The van der Waals surface area contributed by atoms with Crippen molar-refractivity contribution >= 4 is 5.91 Å². The van der Waals surface area contributed by atoms with Gasteiger partial charge in [0.2, 0.25) is 17.7 Å². The topological polar surface area (TPSA) is 80.9 Å². The highest BCUT2D eigenvalue weighted by atomic mass is 16.5. The van der Waals surface area contributed by atoms with Gasteiger partial charge in [0.1, 0.15) is 12.4 Å². The number of aromatic nitrogens is 2. The molecule has 1 aliphatic rings. The smallest absolute Gasteiger partial charge is 0.249 e. The molecule has 3 aromatic rings. The average molecular weight is 451 g/mol. The van der Waals surface area contributed by atoms with Crippen molar-refractivity contribution in [2.45, 2.75) is 18.9 Å². The second-order valence-corrected chi connectivity index (χ2v) is 7.94. The Morgan fingerprint density at radius 2 is 1.70 bits per heavy atom. The van der Waals surface area contributed by atoms with Gasteiger partial charge in [0.25, 0.3) is 0 Å². The van der Waals surface area contributed by atoms with Crippen molar-refractivity contribution in [2.75, 3.05) is 46.4 Å². The minimum absolute atomic E-state index is 0.112. The van der Waals surface area contributed by atoms with Crippen LogP contribution in [0.25, 0.3) is 0 Å². The van der Waals surface area contributed by atoms with E-state index in [4.69, 9.17) is 13.9 Å². The average Bonchev–Trinajstić information content (AvgIpc) is 3.33. The van der Waals surface area contributed by atoms with Crippen molar-refractivity contribution in [2.24, 2.45) is 0 Å². The molecule has 0 bridgehead atoms. The van der Waals surface area contributed by atoms with Gasteiger partial charge in [-0.3, -0.25) is 9.69 Å². The van der Waals surface area contributed by atoms with Gasteiger partial charge in [-0.15, -0.1) is 10.2 Å². The molecular weight excluding hydrogens is 420 g/mol. The number of nitrogens with zero attached hydrogens (tertiary/aromatic N) is 4. The van der Waals surface area contributed by atoms with Crippen molar-refractivity contribution in [1.29, 1.82) is 0 Å². The summed E-state index contributed by atoms with van der Waals surface area (Å²) in [6.07, 6.45) is 0.353. The fraction of sp³-hybridized carbons (Fsp3) is 0.400. The summed E-state index contributed by atoms with van der Waals surface area (Å²) < 4.78 is 17.1. The quantitative estimate of drug-likeness (QED) is 0.470. The molecule has 1 unspecified atom stereocenters. The summed E-state index contributed by atoms with van der Waals surface area (Å²) in [5.41, 5.74) is 0.943. The highest BCUT2D eigenvalue weighted by molar-refractivity contribution is 5.76. The van der Waals surface area contributed by atoms with E-state index in [0.29, 0.717) is 31.2 Å². The van der Waals surface area contributed by atoms with E-state index < -0.39 is 6.10 Å². The fourth-order valence-electron chi connectivity index (χ4n) is 3.88. The molecule has 0 spiro atoms. The van der Waals surface area contributed by atoms with E-state index in [1.807, 2.05) is 65.6 Å². The van der Waals surface area contributed by atoms with Crippen LogP contribution in [0.4, 0.5) is 0 Å². The highest BCUT2D eigenvalue weighted by Gasteiger charge is 2.23. The Hall–Kier alpha value is -3.23. The Morgan fingerprint density at radius 3 is 2.39 bits per heavy atom. The summed E-state index contributed by atoms with van der Waals surface area (Å²) in [5.74, 6) is 1.85. The largest absolute Gasteiger partial charge is 0.492 e. The highest BCUT2D eigenvalue weighted by Crippen LogP contribution is 2.24. The molecule has 0 aliphatic carbocycles. The predicted molar refractivity (Wildman–Crippen MR) is 123 cm³/mol. The summed E-state index contributed by atoms with van der Waals surface area (Å²) in [5, 5.41) is 8.24. The Kier molecular flexibility index (Phi) is 8.05. The van der Waals surface area contributed by atoms with Crippen molar-refractivity contribution in [3.05, 3.63) is 78.0 Å². The maximum atomic E-state index is 12.7. The lowest BCUT2D eigenvalue weighted by atomic mass is 10.1. The number of aryl methyl sites for hydroxylation is 1. The number of piperazine rings is 1. The molecule has 0 saturated carbocycles. The molecule has 2 heterocycles. The standard InChI is InChI=1S/C25H30N4O4/c1-31-24(20-8-4-2-5-9-20)25-27-26-22(33-25)12-13-23(30)29-16-14-28(15-17-29)18-19-32-21-10-6-3-7-11-21/h2-11,24H,12-19H2,1H3. The molecule has 1 aliphatic heterocycles. The van der Waals surface area contributed by atoms with E-state index in [9.17, 15) is 4.79 Å². The summed E-state index contributed by atoms with van der Waals surface area (Å²) in [6.45, 7) is 4.63. The number of amides is 1. The van der Waals surface area contributed by atoms with Crippen molar-refractivity contribution in [3.63, 3.8) is 0 Å². The Balaban J connectivity index is 1.18. The van der Waals surface area contributed by atoms with Crippen LogP contribution in [0.5, 0.6) is 5.75 Å². The number of rotatable bonds is 10. The third kappa shape index (κ3) is 6.40. The lowest BCUT2D eigenvalue weighted by Gasteiger charge is -2.34. The molecular formula is C25H30N4O4. The Bertz CT molecular complexity index is 988. The monoisotopic (exact) mass is 450 g/mol. The Labute approximate surface area is 194 Å². The molecule has 1 fully saturated rings. The predicted octanol–water partition coefficient (Wildman–Crippen LogP) is 2.96. The number of para-hydroxylation sites is 1. The second kappa shape index (κ2) is 11.6. The molecule has 1 saturated heterocycles. The molecule has 0 radical (unpaired) electrons. The normalized spacial score (nSPS) is 15.4. The number of hydrogen-bond donors (Lipinski definition) is 0. The third-order valence-corrected chi connectivity index (χ3v) is 5.74. The first kappa shape index (κ1) is 22.9. The number of benzene rings is 2. The molecule has 33 heavy (non-hydrogen) atoms. The van der Waals surface area contributed by atoms with Gasteiger partial charge < -0.3 is 18.8 Å². The van der Waals surface area contributed by atoms with Crippen LogP contribution in [0.15, 0.2) is 65.1 Å². The zero-order chi connectivity index (χ0) is 22.9. The molecule has 4 rings (SSSR count). The maximum Gasteiger partial charge on any atom is 0.249 e. The van der Waals surface area contributed by atoms with Crippen LogP contribution in [0.3, 0.4) is 0 Å². The number of ether oxygens (including phenoxy) is 2. The number of carbonyl (C=O) groups is 1. The van der Waals surface area contributed by atoms with Crippen LogP contribution < -0.4 is 4.74 Å². The minimum Gasteiger partial charge on any atom is -0.492 e. The maximum absolute atomic E-state index is 12.7. The summed E-state index contributed by atoms with van der Waals surface area (Å²) in [6, 6.07) is 19.5. The zero-order valence-electron chi connectivity index (χ0n) is 18.9. The summed E-state index contributed by atoms with van der Waals surface area (Å²) in [7, 11) is 1.61. The van der Waals surface area contributed by atoms with Gasteiger partial charge in [-0.05, 0) is 17.7 Å². The molecule has 1 atom stereocenters. The first-order chi connectivity index (χ1) is 16.2. The van der Waals surface area contributed by atoms with Gasteiger partial charge >= 0.3 is 0 Å². The van der Waals surface area contributed by atoms with Gasteiger partial charge in [-0.1, -0.05) is 48.5 Å². The van der Waals surface area contributed by atoms with Crippen molar-refractivity contribution in [3.8, 4) is 5.75 Å². The van der Waals surface area contributed by atoms with E-state index in [2.05, 4.69) is 15.1 Å². The van der Waals surface area contributed by atoms with Gasteiger partial charge in [0.05, 0.1) is 0 Å². The first-order valence-corrected chi connectivity index (χ1v) is 11.3. The lowest BCUT2D eigenvalue weighted by molar-refractivity contribution is -0.133. The SMILES string of the molecule is COC(c1ccccc1)c1nnc(CCC(=O)N2CCN(CCOc3ccccc3)CC2)o1. The first-order valence-electron chi connectivity index (χ1n) is 11.3. The van der Waals surface area contributed by atoms with E-state index in [0.717, 1.165) is 44.0 Å². The third-order valence-electron chi connectivity index (χ3n) is 5.74. The number of methoxy groups -OCH3 is 1. The lowest BCUT2D eigenvalue weighted by Crippen LogP contribution is -2.49. The zero-order valence-corrected chi connectivity index (χ0v) is 18.9. The molecule has 8 nitrogen and oxygen atoms in total. The van der Waals surface area contributed by atoms with Crippen LogP contribution in [-0.2, 0) is 16.0 Å². The van der Waals surface area contributed by atoms with Gasteiger partial charge in [-0.25, -0.2) is 0 Å². The van der Waals surface area contributed by atoms with Crippen molar-refractivity contribution < 1.29 is 18.7 Å². The molecule has 174 valence electrons. The van der Waals surface area contributed by atoms with E-state index in [1.165, 1.54) is 0 Å².